The van der Waals surface area contributed by atoms with Gasteiger partial charge in [-0.25, -0.2) is 4.68 Å². The second-order valence-corrected chi connectivity index (χ2v) is 7.92. The Morgan fingerprint density at radius 1 is 1.10 bits per heavy atom. The summed E-state index contributed by atoms with van der Waals surface area (Å²) in [7, 11) is 0. The van der Waals surface area contributed by atoms with Gasteiger partial charge >= 0.3 is 5.97 Å². The van der Waals surface area contributed by atoms with Gasteiger partial charge in [-0.2, -0.15) is 5.10 Å². The lowest BCUT2D eigenvalue weighted by atomic mass is 10.1. The van der Waals surface area contributed by atoms with Crippen molar-refractivity contribution in [3.63, 3.8) is 0 Å². The molecule has 2 heterocycles. The molecule has 0 bridgehead atoms. The van der Waals surface area contributed by atoms with Crippen molar-refractivity contribution in [2.75, 3.05) is 6.54 Å². The molecule has 0 unspecified atom stereocenters. The summed E-state index contributed by atoms with van der Waals surface area (Å²) < 4.78 is 1.99. The molecule has 1 aliphatic heterocycles. The summed E-state index contributed by atoms with van der Waals surface area (Å²) in [5.74, 6) is -1.52. The molecule has 29 heavy (non-hydrogen) atoms. The summed E-state index contributed by atoms with van der Waals surface area (Å²) in [5.41, 5.74) is 3.27. The molecule has 1 fully saturated rings. The van der Waals surface area contributed by atoms with E-state index in [0.29, 0.717) is 4.91 Å². The third-order valence-electron chi connectivity index (χ3n) is 4.26. The molecule has 0 radical (unpaired) electrons. The maximum Gasteiger partial charge on any atom is 0.323 e. The van der Waals surface area contributed by atoms with Crippen LogP contribution in [0, 0.1) is 0 Å². The van der Waals surface area contributed by atoms with Crippen molar-refractivity contribution in [1.82, 2.24) is 14.7 Å². The molecular formula is C21H15N3O3S2. The van der Waals surface area contributed by atoms with Gasteiger partial charge < -0.3 is 5.11 Å². The van der Waals surface area contributed by atoms with E-state index in [2.05, 4.69) is 0 Å². The average molecular weight is 422 g/mol. The van der Waals surface area contributed by atoms with Crippen LogP contribution in [0.4, 0.5) is 0 Å². The van der Waals surface area contributed by atoms with Crippen molar-refractivity contribution < 1.29 is 14.7 Å². The van der Waals surface area contributed by atoms with Gasteiger partial charge in [0.05, 0.1) is 16.3 Å². The van der Waals surface area contributed by atoms with Gasteiger partial charge in [0.15, 0.2) is 0 Å². The molecule has 0 spiro atoms. The number of thiocarbonyl (C=S) groups is 1. The number of carboxylic acids is 1. The van der Waals surface area contributed by atoms with E-state index >= 15 is 0 Å². The molecule has 1 N–H and O–H groups in total. The van der Waals surface area contributed by atoms with Crippen molar-refractivity contribution >= 4 is 46.3 Å². The molecule has 6 nitrogen and oxygen atoms in total. The molecule has 4 rings (SSSR count). The van der Waals surface area contributed by atoms with Gasteiger partial charge in [0.25, 0.3) is 5.91 Å². The maximum absolute atomic E-state index is 12.6. The normalized spacial score (nSPS) is 15.3. The SMILES string of the molecule is O=C(O)CN1C(=O)C(=Cc2cn(-c3ccccc3)nc2-c2ccccc2)SC1=S. The standard InChI is InChI=1S/C21H15N3O3S2/c25-18(26)13-23-20(27)17(29-21(23)28)11-15-12-24(16-9-5-2-6-10-16)22-19(15)14-7-3-1-4-8-14/h1-12H,13H2,(H,25,26). The summed E-state index contributed by atoms with van der Waals surface area (Å²) in [4.78, 5) is 25.1. The quantitative estimate of drug-likeness (QED) is 0.499. The first kappa shape index (κ1) is 19.1. The van der Waals surface area contributed by atoms with Crippen LogP contribution in [-0.4, -0.2) is 42.5 Å². The minimum atomic E-state index is -1.11. The number of carboxylic acid groups (broad SMARTS) is 1. The summed E-state index contributed by atoms with van der Waals surface area (Å²) in [6.45, 7) is -0.448. The first-order valence-electron chi connectivity index (χ1n) is 8.70. The van der Waals surface area contributed by atoms with E-state index < -0.39 is 18.4 Å². The largest absolute Gasteiger partial charge is 0.480 e. The van der Waals surface area contributed by atoms with Crippen molar-refractivity contribution in [1.29, 1.82) is 0 Å². The number of hydrogen-bond acceptors (Lipinski definition) is 5. The van der Waals surface area contributed by atoms with Crippen molar-refractivity contribution in [3.8, 4) is 16.9 Å². The molecular weight excluding hydrogens is 406 g/mol. The molecule has 1 aliphatic rings. The Hall–Kier alpha value is -3.23. The number of aliphatic carboxylic acids is 1. The third kappa shape index (κ3) is 3.98. The second-order valence-electron chi connectivity index (χ2n) is 6.24. The van der Waals surface area contributed by atoms with Gasteiger partial charge in [-0.1, -0.05) is 72.5 Å². The Balaban J connectivity index is 1.78. The minimum Gasteiger partial charge on any atom is -0.480 e. The van der Waals surface area contributed by atoms with Crippen LogP contribution in [-0.2, 0) is 9.59 Å². The first-order valence-corrected chi connectivity index (χ1v) is 9.93. The fourth-order valence-electron chi connectivity index (χ4n) is 2.94. The predicted molar refractivity (Wildman–Crippen MR) is 117 cm³/mol. The molecule has 2 aromatic carbocycles. The highest BCUT2D eigenvalue weighted by Gasteiger charge is 2.33. The number of benzene rings is 2. The monoisotopic (exact) mass is 421 g/mol. The number of thioether (sulfide) groups is 1. The summed E-state index contributed by atoms with van der Waals surface area (Å²) in [5, 5.41) is 13.7. The smallest absolute Gasteiger partial charge is 0.323 e. The van der Waals surface area contributed by atoms with E-state index in [0.717, 1.165) is 39.2 Å². The molecule has 0 aliphatic carbocycles. The predicted octanol–water partition coefficient (Wildman–Crippen LogP) is 3.83. The van der Waals surface area contributed by atoms with E-state index in [1.165, 1.54) is 0 Å². The molecule has 144 valence electrons. The Bertz CT molecular complexity index is 1120. The fraction of sp³-hybridized carbons (Fsp3) is 0.0476. The number of aromatic nitrogens is 2. The highest BCUT2D eigenvalue weighted by atomic mass is 32.2. The van der Waals surface area contributed by atoms with E-state index in [1.807, 2.05) is 66.9 Å². The van der Waals surface area contributed by atoms with Crippen LogP contribution in [0.15, 0.2) is 71.8 Å². The number of amides is 1. The summed E-state index contributed by atoms with van der Waals surface area (Å²) in [6.07, 6.45) is 3.57. The number of hydrogen-bond donors (Lipinski definition) is 1. The van der Waals surface area contributed by atoms with Gasteiger partial charge in [0.2, 0.25) is 0 Å². The van der Waals surface area contributed by atoms with Gasteiger partial charge in [0.1, 0.15) is 10.9 Å². The van der Waals surface area contributed by atoms with E-state index in [4.69, 9.17) is 22.4 Å². The van der Waals surface area contributed by atoms with E-state index in [1.54, 1.807) is 10.8 Å². The lowest BCUT2D eigenvalue weighted by Crippen LogP contribution is -2.33. The van der Waals surface area contributed by atoms with Crippen LogP contribution in [0.3, 0.4) is 0 Å². The molecule has 0 saturated carbocycles. The molecule has 1 amide bonds. The van der Waals surface area contributed by atoms with Crippen molar-refractivity contribution in [2.24, 2.45) is 0 Å². The summed E-state index contributed by atoms with van der Waals surface area (Å²) in [6, 6.07) is 19.3. The first-order chi connectivity index (χ1) is 14.0. The number of nitrogens with zero attached hydrogens (tertiary/aromatic N) is 3. The zero-order valence-electron chi connectivity index (χ0n) is 15.1. The van der Waals surface area contributed by atoms with E-state index in [-0.39, 0.29) is 4.32 Å². The topological polar surface area (TPSA) is 75.4 Å². The van der Waals surface area contributed by atoms with E-state index in [9.17, 15) is 9.59 Å². The Kier molecular flexibility index (Phi) is 5.28. The summed E-state index contributed by atoms with van der Waals surface area (Å²) >= 11 is 6.28. The zero-order chi connectivity index (χ0) is 20.4. The highest BCUT2D eigenvalue weighted by Crippen LogP contribution is 2.34. The van der Waals surface area contributed by atoms with Gasteiger partial charge in [-0.05, 0) is 18.2 Å². The molecule has 8 heteroatoms. The van der Waals surface area contributed by atoms with Crippen molar-refractivity contribution in [3.05, 3.63) is 77.3 Å². The third-order valence-corrected chi connectivity index (χ3v) is 5.64. The Morgan fingerprint density at radius 3 is 2.41 bits per heavy atom. The van der Waals surface area contributed by atoms with Gasteiger partial charge in [-0.15, -0.1) is 0 Å². The molecule has 1 aromatic heterocycles. The molecule has 1 saturated heterocycles. The van der Waals surface area contributed by atoms with Crippen molar-refractivity contribution in [2.45, 2.75) is 0 Å². The Morgan fingerprint density at radius 2 is 1.76 bits per heavy atom. The second kappa shape index (κ2) is 8.02. The Labute approximate surface area is 176 Å². The average Bonchev–Trinajstić information content (AvgIpc) is 3.26. The van der Waals surface area contributed by atoms with Crippen LogP contribution < -0.4 is 0 Å². The van der Waals surface area contributed by atoms with Gasteiger partial charge in [-0.3, -0.25) is 14.5 Å². The lowest BCUT2D eigenvalue weighted by Gasteiger charge is -2.10. The minimum absolute atomic E-state index is 0.236. The van der Waals surface area contributed by atoms with Crippen LogP contribution in [0.1, 0.15) is 5.56 Å². The van der Waals surface area contributed by atoms with Crippen LogP contribution in [0.2, 0.25) is 0 Å². The molecule has 3 aromatic rings. The number of para-hydroxylation sites is 1. The zero-order valence-corrected chi connectivity index (χ0v) is 16.7. The van der Waals surface area contributed by atoms with Crippen LogP contribution >= 0.6 is 24.0 Å². The lowest BCUT2D eigenvalue weighted by molar-refractivity contribution is -0.140. The van der Waals surface area contributed by atoms with Crippen LogP contribution in [0.5, 0.6) is 0 Å². The molecule has 0 atom stereocenters. The maximum atomic E-state index is 12.6. The fourth-order valence-corrected chi connectivity index (χ4v) is 4.19. The highest BCUT2D eigenvalue weighted by molar-refractivity contribution is 8.26. The van der Waals surface area contributed by atoms with Gasteiger partial charge in [0, 0.05) is 17.3 Å². The number of carbonyl (C=O) groups is 2. The van der Waals surface area contributed by atoms with Crippen LogP contribution in [0.25, 0.3) is 23.0 Å². The number of rotatable bonds is 5. The number of carbonyl (C=O) groups excluding carboxylic acids is 1.